The maximum Gasteiger partial charge on any atom is 0.181 e. The van der Waals surface area contributed by atoms with Gasteiger partial charge in [0, 0.05) is 18.5 Å². The minimum absolute atomic E-state index is 0.0237. The van der Waals surface area contributed by atoms with Gasteiger partial charge in [0.25, 0.3) is 0 Å². The van der Waals surface area contributed by atoms with Gasteiger partial charge in [-0.05, 0) is 25.0 Å². The van der Waals surface area contributed by atoms with Crippen LogP contribution in [0.1, 0.15) is 41.9 Å². The molecule has 3 heteroatoms. The molecule has 1 aliphatic rings. The van der Waals surface area contributed by atoms with Gasteiger partial charge in [-0.2, -0.15) is 0 Å². The average Bonchev–Trinajstić information content (AvgIpc) is 2.87. The van der Waals surface area contributed by atoms with Crippen LogP contribution in [0.5, 0.6) is 0 Å². The molecule has 0 unspecified atom stereocenters. The number of carbonyl (C=O) groups excluding carboxylic acids is 1. The smallest absolute Gasteiger partial charge is 0.181 e. The van der Waals surface area contributed by atoms with Crippen molar-refractivity contribution in [3.8, 4) is 0 Å². The van der Waals surface area contributed by atoms with Gasteiger partial charge in [-0.15, -0.1) is 0 Å². The van der Waals surface area contributed by atoms with Gasteiger partial charge in [-0.3, -0.25) is 4.79 Å². The molecule has 1 heterocycles. The molecular formula is C10H10FNO. The predicted octanol–water partition coefficient (Wildman–Crippen LogP) is 2.30. The molecule has 2 nitrogen and oxygen atoms in total. The van der Waals surface area contributed by atoms with Crippen LogP contribution < -0.4 is 0 Å². The van der Waals surface area contributed by atoms with Crippen LogP contribution in [0.2, 0.25) is 0 Å². The van der Waals surface area contributed by atoms with Crippen molar-refractivity contribution in [3.63, 3.8) is 0 Å². The molecule has 0 amide bonds. The van der Waals surface area contributed by atoms with Crippen molar-refractivity contribution in [2.45, 2.75) is 25.7 Å². The first kappa shape index (κ1) is 8.35. The second-order valence-electron chi connectivity index (χ2n) is 3.40. The fraction of sp³-hybridized carbons (Fsp3) is 0.400. The van der Waals surface area contributed by atoms with Crippen LogP contribution in [-0.4, -0.2) is 10.8 Å². The van der Waals surface area contributed by atoms with Crippen molar-refractivity contribution in [2.24, 2.45) is 0 Å². The Morgan fingerprint density at radius 2 is 2.23 bits per heavy atom. The highest BCUT2D eigenvalue weighted by atomic mass is 19.1. The van der Waals surface area contributed by atoms with E-state index >= 15 is 0 Å². The Hall–Kier alpha value is -1.25. The van der Waals surface area contributed by atoms with E-state index in [9.17, 15) is 9.18 Å². The summed E-state index contributed by atoms with van der Waals surface area (Å²) in [4.78, 5) is 15.0. The summed E-state index contributed by atoms with van der Waals surface area (Å²) in [6, 6.07) is 3.00. The molecule has 0 radical (unpaired) electrons. The lowest BCUT2D eigenvalue weighted by atomic mass is 10.2. The highest BCUT2D eigenvalue weighted by molar-refractivity contribution is 5.92. The molecule has 0 aliphatic heterocycles. The Morgan fingerprint density at radius 3 is 2.77 bits per heavy atom. The molecule has 0 N–H and O–H groups in total. The Bertz CT molecular complexity index is 358. The van der Waals surface area contributed by atoms with Crippen LogP contribution in [0, 0.1) is 5.82 Å². The molecule has 0 spiro atoms. The zero-order chi connectivity index (χ0) is 9.42. The van der Waals surface area contributed by atoms with Gasteiger partial charge < -0.3 is 0 Å². The Kier molecular flexibility index (Phi) is 1.87. The SMILES string of the molecule is CC(=O)c1nc(C2CC2)ccc1F. The zero-order valence-corrected chi connectivity index (χ0v) is 7.38. The summed E-state index contributed by atoms with van der Waals surface area (Å²) in [7, 11) is 0. The lowest BCUT2D eigenvalue weighted by Crippen LogP contribution is -2.03. The molecule has 13 heavy (non-hydrogen) atoms. The number of halogens is 1. The summed E-state index contributed by atoms with van der Waals surface area (Å²) in [6.07, 6.45) is 2.21. The van der Waals surface area contributed by atoms with Gasteiger partial charge in [0.15, 0.2) is 11.6 Å². The summed E-state index contributed by atoms with van der Waals surface area (Å²) in [6.45, 7) is 1.34. The lowest BCUT2D eigenvalue weighted by Gasteiger charge is -2.00. The summed E-state index contributed by atoms with van der Waals surface area (Å²) in [5.74, 6) is -0.365. The normalized spacial score (nSPS) is 15.8. The molecule has 1 aliphatic carbocycles. The van der Waals surface area contributed by atoms with Crippen molar-refractivity contribution in [1.29, 1.82) is 0 Å². The van der Waals surface area contributed by atoms with E-state index in [-0.39, 0.29) is 11.5 Å². The Morgan fingerprint density at radius 1 is 1.54 bits per heavy atom. The highest BCUT2D eigenvalue weighted by Gasteiger charge is 2.26. The van der Waals surface area contributed by atoms with E-state index in [1.807, 2.05) is 0 Å². The van der Waals surface area contributed by atoms with Crippen molar-refractivity contribution in [1.82, 2.24) is 4.98 Å². The zero-order valence-electron chi connectivity index (χ0n) is 7.38. The Balaban J connectivity index is 2.41. The summed E-state index contributed by atoms with van der Waals surface area (Å²) < 4.78 is 13.0. The molecule has 1 fully saturated rings. The number of nitrogens with zero attached hydrogens (tertiary/aromatic N) is 1. The van der Waals surface area contributed by atoms with Gasteiger partial charge in [0.05, 0.1) is 0 Å². The maximum absolute atomic E-state index is 13.0. The number of carbonyl (C=O) groups is 1. The second-order valence-corrected chi connectivity index (χ2v) is 3.40. The quantitative estimate of drug-likeness (QED) is 0.652. The summed E-state index contributed by atoms with van der Waals surface area (Å²) in [5.41, 5.74) is 0.830. The summed E-state index contributed by atoms with van der Waals surface area (Å²) >= 11 is 0. The molecule has 2 rings (SSSR count). The van der Waals surface area contributed by atoms with Gasteiger partial charge in [0.1, 0.15) is 5.69 Å². The molecule has 68 valence electrons. The Labute approximate surface area is 75.8 Å². The van der Waals surface area contributed by atoms with E-state index in [0.717, 1.165) is 18.5 Å². The van der Waals surface area contributed by atoms with Crippen LogP contribution in [0.3, 0.4) is 0 Å². The fourth-order valence-electron chi connectivity index (χ4n) is 1.31. The number of aromatic nitrogens is 1. The highest BCUT2D eigenvalue weighted by Crippen LogP contribution is 2.39. The fourth-order valence-corrected chi connectivity index (χ4v) is 1.31. The first-order chi connectivity index (χ1) is 6.18. The largest absolute Gasteiger partial charge is 0.293 e. The molecule has 0 atom stereocenters. The van der Waals surface area contributed by atoms with Crippen molar-refractivity contribution in [3.05, 3.63) is 29.3 Å². The average molecular weight is 179 g/mol. The predicted molar refractivity (Wildman–Crippen MR) is 46.2 cm³/mol. The van der Waals surface area contributed by atoms with Crippen LogP contribution in [0.4, 0.5) is 4.39 Å². The van der Waals surface area contributed by atoms with Crippen LogP contribution in [-0.2, 0) is 0 Å². The van der Waals surface area contributed by atoms with Crippen LogP contribution in [0.15, 0.2) is 12.1 Å². The van der Waals surface area contributed by atoms with E-state index in [4.69, 9.17) is 0 Å². The minimum Gasteiger partial charge on any atom is -0.293 e. The van der Waals surface area contributed by atoms with E-state index < -0.39 is 5.82 Å². The topological polar surface area (TPSA) is 30.0 Å². The third kappa shape index (κ3) is 1.59. The molecule has 0 saturated heterocycles. The molecule has 0 bridgehead atoms. The van der Waals surface area contributed by atoms with Crippen molar-refractivity contribution >= 4 is 5.78 Å². The van der Waals surface area contributed by atoms with E-state index in [1.54, 1.807) is 6.07 Å². The third-order valence-electron chi connectivity index (χ3n) is 2.20. The first-order valence-corrected chi connectivity index (χ1v) is 4.36. The van der Waals surface area contributed by atoms with E-state index in [2.05, 4.69) is 4.98 Å². The van der Waals surface area contributed by atoms with Gasteiger partial charge in [-0.1, -0.05) is 0 Å². The minimum atomic E-state index is -0.517. The number of hydrogen-bond donors (Lipinski definition) is 0. The number of rotatable bonds is 2. The summed E-state index contributed by atoms with van der Waals surface area (Å²) in [5, 5.41) is 0. The lowest BCUT2D eigenvalue weighted by molar-refractivity contribution is 0.100. The monoisotopic (exact) mass is 179 g/mol. The number of ketones is 1. The number of Topliss-reactive ketones (excluding diaryl/α,β-unsaturated/α-hetero) is 1. The van der Waals surface area contributed by atoms with Crippen LogP contribution >= 0.6 is 0 Å². The molecule has 1 aromatic rings. The van der Waals surface area contributed by atoms with E-state index in [1.165, 1.54) is 13.0 Å². The first-order valence-electron chi connectivity index (χ1n) is 4.36. The number of pyridine rings is 1. The van der Waals surface area contributed by atoms with Gasteiger partial charge in [-0.25, -0.2) is 9.37 Å². The third-order valence-corrected chi connectivity index (χ3v) is 2.20. The molecule has 1 aromatic heterocycles. The van der Waals surface area contributed by atoms with Gasteiger partial charge >= 0.3 is 0 Å². The number of hydrogen-bond acceptors (Lipinski definition) is 2. The second kappa shape index (κ2) is 2.91. The van der Waals surface area contributed by atoms with Crippen LogP contribution in [0.25, 0.3) is 0 Å². The maximum atomic E-state index is 13.0. The molecular weight excluding hydrogens is 169 g/mol. The van der Waals surface area contributed by atoms with E-state index in [0.29, 0.717) is 5.92 Å². The van der Waals surface area contributed by atoms with Crippen molar-refractivity contribution < 1.29 is 9.18 Å². The van der Waals surface area contributed by atoms with Gasteiger partial charge in [0.2, 0.25) is 0 Å². The molecule has 1 saturated carbocycles. The molecule has 0 aromatic carbocycles. The standard InChI is InChI=1S/C10H10FNO/c1-6(13)10-8(11)4-5-9(12-10)7-2-3-7/h4-5,7H,2-3H2,1H3. The van der Waals surface area contributed by atoms with Crippen molar-refractivity contribution in [2.75, 3.05) is 0 Å².